The lowest BCUT2D eigenvalue weighted by molar-refractivity contribution is -0.144. The Morgan fingerprint density at radius 1 is 1.90 bits per heavy atom. The molecule has 0 aliphatic carbocycles. The molecule has 0 saturated heterocycles. The van der Waals surface area contributed by atoms with E-state index in [0.29, 0.717) is 0 Å². The van der Waals surface area contributed by atoms with Gasteiger partial charge in [0, 0.05) is 0 Å². The predicted molar refractivity (Wildman–Crippen MR) is 39.7 cm³/mol. The van der Waals surface area contributed by atoms with Crippen molar-refractivity contribution in [2.45, 2.75) is 13.0 Å². The van der Waals surface area contributed by atoms with E-state index in [0.717, 1.165) is 0 Å². The molecule has 1 N–H and O–H groups in total. The summed E-state index contributed by atoms with van der Waals surface area (Å²) in [5.74, 6) is -0.248. The topological polar surface area (TPSA) is 38.3 Å². The quantitative estimate of drug-likeness (QED) is 0.455. The second-order valence-electron chi connectivity index (χ2n) is 1.93. The molecule has 0 rings (SSSR count). The molecular formula is C7H13NO2. The van der Waals surface area contributed by atoms with Gasteiger partial charge in [0.2, 0.25) is 0 Å². The first-order valence-electron chi connectivity index (χ1n) is 3.17. The van der Waals surface area contributed by atoms with Gasteiger partial charge in [0.1, 0.15) is 12.6 Å². The van der Waals surface area contributed by atoms with Gasteiger partial charge in [0.25, 0.3) is 0 Å². The van der Waals surface area contributed by atoms with Gasteiger partial charge >= 0.3 is 5.97 Å². The lowest BCUT2D eigenvalue weighted by atomic mass is 10.3. The first kappa shape index (κ1) is 9.17. The van der Waals surface area contributed by atoms with Crippen molar-refractivity contribution in [2.75, 3.05) is 13.7 Å². The molecule has 0 amide bonds. The molecule has 0 aliphatic rings. The number of ether oxygens (including phenoxy) is 1. The van der Waals surface area contributed by atoms with Crippen LogP contribution in [0.15, 0.2) is 12.7 Å². The van der Waals surface area contributed by atoms with Gasteiger partial charge in [0.05, 0.1) is 0 Å². The fourth-order valence-electron chi connectivity index (χ4n) is 0.384. The number of carbonyl (C=O) groups is 1. The van der Waals surface area contributed by atoms with Crippen molar-refractivity contribution in [3.05, 3.63) is 12.7 Å². The molecule has 0 aromatic rings. The molecule has 3 nitrogen and oxygen atoms in total. The van der Waals surface area contributed by atoms with E-state index in [2.05, 4.69) is 11.9 Å². The van der Waals surface area contributed by atoms with E-state index in [1.165, 1.54) is 0 Å². The van der Waals surface area contributed by atoms with Gasteiger partial charge in [-0.1, -0.05) is 12.7 Å². The second kappa shape index (κ2) is 4.99. The van der Waals surface area contributed by atoms with Crippen molar-refractivity contribution in [1.82, 2.24) is 5.32 Å². The minimum absolute atomic E-state index is 0.236. The molecule has 0 radical (unpaired) electrons. The first-order chi connectivity index (χ1) is 4.72. The van der Waals surface area contributed by atoms with Crippen LogP contribution in [-0.2, 0) is 9.53 Å². The van der Waals surface area contributed by atoms with Gasteiger partial charge in [-0.15, -0.1) is 0 Å². The number of esters is 1. The number of carbonyl (C=O) groups excluding carboxylic acids is 1. The van der Waals surface area contributed by atoms with Crippen LogP contribution in [0.1, 0.15) is 6.92 Å². The summed E-state index contributed by atoms with van der Waals surface area (Å²) in [5.41, 5.74) is 0. The largest absolute Gasteiger partial charge is 0.460 e. The maximum atomic E-state index is 10.8. The molecule has 0 aromatic carbocycles. The smallest absolute Gasteiger partial charge is 0.323 e. The van der Waals surface area contributed by atoms with Crippen LogP contribution in [-0.4, -0.2) is 25.7 Å². The summed E-state index contributed by atoms with van der Waals surface area (Å²) in [7, 11) is 1.71. The Morgan fingerprint density at radius 3 is 2.90 bits per heavy atom. The second-order valence-corrected chi connectivity index (χ2v) is 1.93. The highest BCUT2D eigenvalue weighted by molar-refractivity contribution is 5.75. The van der Waals surface area contributed by atoms with E-state index < -0.39 is 0 Å². The lowest BCUT2D eigenvalue weighted by Crippen LogP contribution is -2.32. The molecule has 1 atom stereocenters. The van der Waals surface area contributed by atoms with E-state index >= 15 is 0 Å². The number of hydrogen-bond donors (Lipinski definition) is 1. The van der Waals surface area contributed by atoms with Crippen molar-refractivity contribution < 1.29 is 9.53 Å². The Balaban J connectivity index is 3.51. The molecule has 0 heterocycles. The fraction of sp³-hybridized carbons (Fsp3) is 0.571. The van der Waals surface area contributed by atoms with Crippen molar-refractivity contribution in [1.29, 1.82) is 0 Å². The highest BCUT2D eigenvalue weighted by atomic mass is 16.5. The van der Waals surface area contributed by atoms with Crippen LogP contribution < -0.4 is 5.32 Å². The third-order valence-electron chi connectivity index (χ3n) is 1.13. The van der Waals surface area contributed by atoms with Crippen LogP contribution in [0.5, 0.6) is 0 Å². The number of likely N-dealkylation sites (N-methyl/N-ethyl adjacent to an activating group) is 1. The van der Waals surface area contributed by atoms with Gasteiger partial charge in [-0.2, -0.15) is 0 Å². The standard InChI is InChI=1S/C7H13NO2/c1-4-5-10-7(9)6(2)8-3/h4,6,8H,1,5H2,2-3H3. The third kappa shape index (κ3) is 3.25. The van der Waals surface area contributed by atoms with Crippen LogP contribution in [0.25, 0.3) is 0 Å². The van der Waals surface area contributed by atoms with Gasteiger partial charge in [-0.25, -0.2) is 0 Å². The highest BCUT2D eigenvalue weighted by Crippen LogP contribution is 1.85. The average Bonchev–Trinajstić information content (AvgIpc) is 1.98. The number of hydrogen-bond acceptors (Lipinski definition) is 3. The van der Waals surface area contributed by atoms with Crippen LogP contribution in [0, 0.1) is 0 Å². The van der Waals surface area contributed by atoms with Crippen LogP contribution in [0.4, 0.5) is 0 Å². The fourth-order valence-corrected chi connectivity index (χ4v) is 0.384. The Bertz CT molecular complexity index is 123. The van der Waals surface area contributed by atoms with E-state index in [9.17, 15) is 4.79 Å². The number of rotatable bonds is 4. The Morgan fingerprint density at radius 2 is 2.50 bits per heavy atom. The van der Waals surface area contributed by atoms with Gasteiger partial charge in [-0.05, 0) is 14.0 Å². The van der Waals surface area contributed by atoms with Gasteiger partial charge in [0.15, 0.2) is 0 Å². The monoisotopic (exact) mass is 143 g/mol. The van der Waals surface area contributed by atoms with Gasteiger partial charge < -0.3 is 10.1 Å². The SMILES string of the molecule is C=CCOC(=O)C(C)NC. The molecule has 0 spiro atoms. The minimum Gasteiger partial charge on any atom is -0.460 e. The third-order valence-corrected chi connectivity index (χ3v) is 1.13. The highest BCUT2D eigenvalue weighted by Gasteiger charge is 2.09. The van der Waals surface area contributed by atoms with E-state index in [4.69, 9.17) is 4.74 Å². The molecule has 0 bridgehead atoms. The summed E-state index contributed by atoms with van der Waals surface area (Å²) in [5, 5.41) is 2.76. The first-order valence-corrected chi connectivity index (χ1v) is 3.17. The molecular weight excluding hydrogens is 130 g/mol. The summed E-state index contributed by atoms with van der Waals surface area (Å²) in [4.78, 5) is 10.8. The van der Waals surface area contributed by atoms with Gasteiger partial charge in [-0.3, -0.25) is 4.79 Å². The molecule has 0 fully saturated rings. The van der Waals surface area contributed by atoms with Crippen LogP contribution in [0.3, 0.4) is 0 Å². The maximum Gasteiger partial charge on any atom is 0.323 e. The molecule has 10 heavy (non-hydrogen) atoms. The van der Waals surface area contributed by atoms with Crippen molar-refractivity contribution in [3.63, 3.8) is 0 Å². The molecule has 1 unspecified atom stereocenters. The zero-order valence-electron chi connectivity index (χ0n) is 6.39. The summed E-state index contributed by atoms with van der Waals surface area (Å²) < 4.78 is 4.72. The van der Waals surface area contributed by atoms with E-state index in [-0.39, 0.29) is 18.6 Å². The Hall–Kier alpha value is -0.830. The summed E-state index contributed by atoms with van der Waals surface area (Å²) in [6.07, 6.45) is 1.54. The molecule has 0 aliphatic heterocycles. The Labute approximate surface area is 61.1 Å². The Kier molecular flexibility index (Phi) is 4.58. The maximum absolute atomic E-state index is 10.8. The minimum atomic E-state index is -0.248. The molecule has 3 heteroatoms. The average molecular weight is 143 g/mol. The summed E-state index contributed by atoms with van der Waals surface area (Å²) in [6.45, 7) is 5.44. The van der Waals surface area contributed by atoms with Crippen LogP contribution in [0.2, 0.25) is 0 Å². The summed E-state index contributed by atoms with van der Waals surface area (Å²) in [6, 6.07) is -0.236. The normalized spacial score (nSPS) is 12.2. The predicted octanol–water partition coefficient (Wildman–Crippen LogP) is 0.323. The zero-order chi connectivity index (χ0) is 7.98. The molecule has 58 valence electrons. The molecule has 0 saturated carbocycles. The lowest BCUT2D eigenvalue weighted by Gasteiger charge is -2.07. The van der Waals surface area contributed by atoms with Crippen molar-refractivity contribution in [2.24, 2.45) is 0 Å². The van der Waals surface area contributed by atoms with E-state index in [1.807, 2.05) is 0 Å². The van der Waals surface area contributed by atoms with Crippen LogP contribution >= 0.6 is 0 Å². The summed E-state index contributed by atoms with van der Waals surface area (Å²) >= 11 is 0. The number of nitrogens with one attached hydrogen (secondary N) is 1. The zero-order valence-corrected chi connectivity index (χ0v) is 6.39. The van der Waals surface area contributed by atoms with Crippen molar-refractivity contribution in [3.8, 4) is 0 Å². The van der Waals surface area contributed by atoms with E-state index in [1.54, 1.807) is 20.0 Å². The van der Waals surface area contributed by atoms with Crippen molar-refractivity contribution >= 4 is 5.97 Å². The molecule has 0 aromatic heterocycles.